The second kappa shape index (κ2) is 3.84. The summed E-state index contributed by atoms with van der Waals surface area (Å²) in [6.07, 6.45) is 2.14. The molecular weight excluding hydrogens is 172 g/mol. The third kappa shape index (κ3) is 2.40. The summed E-state index contributed by atoms with van der Waals surface area (Å²) < 4.78 is 4.30. The van der Waals surface area contributed by atoms with Gasteiger partial charge in [-0.1, -0.05) is 0 Å². The molecule has 0 spiro atoms. The molecule has 0 aromatic rings. The molecule has 1 rings (SSSR count). The number of aliphatic imine (C=N–C) groups is 1. The number of carbonyl (C=O) groups is 2. The summed E-state index contributed by atoms with van der Waals surface area (Å²) >= 11 is 0. The Morgan fingerprint density at radius 3 is 2.92 bits per heavy atom. The average molecular weight is 182 g/mol. The van der Waals surface area contributed by atoms with Crippen molar-refractivity contribution in [3.05, 3.63) is 11.6 Å². The second-order valence-electron chi connectivity index (χ2n) is 2.62. The van der Waals surface area contributed by atoms with Crippen molar-refractivity contribution in [3.63, 3.8) is 0 Å². The minimum Gasteiger partial charge on any atom is -0.451 e. The summed E-state index contributed by atoms with van der Waals surface area (Å²) in [6, 6.07) is -0.286. The minimum atomic E-state index is -0.672. The van der Waals surface area contributed by atoms with Crippen molar-refractivity contribution >= 4 is 18.2 Å². The molecule has 70 valence electrons. The Morgan fingerprint density at radius 1 is 1.77 bits per heavy atom. The van der Waals surface area contributed by atoms with E-state index in [9.17, 15) is 9.59 Å². The van der Waals surface area contributed by atoms with Crippen LogP contribution in [-0.2, 0) is 9.53 Å². The molecule has 0 fully saturated rings. The fourth-order valence-electron chi connectivity index (χ4n) is 0.948. The molecule has 1 N–H and O–H groups in total. The molecule has 1 aliphatic heterocycles. The monoisotopic (exact) mass is 182 g/mol. The maximum atomic E-state index is 10.8. The Bertz CT molecular complexity index is 294. The van der Waals surface area contributed by atoms with Gasteiger partial charge in [0.1, 0.15) is 0 Å². The quantitative estimate of drug-likeness (QED) is 0.592. The molecule has 0 aromatic carbocycles. The van der Waals surface area contributed by atoms with E-state index in [2.05, 4.69) is 15.0 Å². The summed E-state index contributed by atoms with van der Waals surface area (Å²) in [5, 5.41) is 2.59. The van der Waals surface area contributed by atoms with Crippen LogP contribution in [0.3, 0.4) is 0 Å². The number of rotatable bonds is 1. The summed E-state index contributed by atoms with van der Waals surface area (Å²) in [6.45, 7) is 1.78. The van der Waals surface area contributed by atoms with E-state index >= 15 is 0 Å². The lowest BCUT2D eigenvalue weighted by atomic mass is 10.2. The molecule has 13 heavy (non-hydrogen) atoms. The molecule has 5 nitrogen and oxygen atoms in total. The summed E-state index contributed by atoms with van der Waals surface area (Å²) in [4.78, 5) is 24.9. The molecule has 0 aromatic heterocycles. The predicted octanol–water partition coefficient (Wildman–Crippen LogP) is 0.268. The van der Waals surface area contributed by atoms with Crippen LogP contribution in [0.15, 0.2) is 16.6 Å². The highest BCUT2D eigenvalue weighted by molar-refractivity contribution is 5.97. The van der Waals surface area contributed by atoms with Gasteiger partial charge >= 0.3 is 6.09 Å². The first-order valence-corrected chi connectivity index (χ1v) is 3.74. The van der Waals surface area contributed by atoms with Crippen molar-refractivity contribution < 1.29 is 14.3 Å². The van der Waals surface area contributed by atoms with Crippen LogP contribution in [0, 0.1) is 0 Å². The van der Waals surface area contributed by atoms with Gasteiger partial charge in [0.15, 0.2) is 0 Å². The standard InChI is InChI=1S/C8H10N2O3/c1-5-3-7(11)10-6(5)4-9-8(12)13-2/h3-4,6H,1-2H3,(H,10,11)/b9-4+. The van der Waals surface area contributed by atoms with Crippen LogP contribution in [0.25, 0.3) is 0 Å². The van der Waals surface area contributed by atoms with Gasteiger partial charge in [-0.05, 0) is 12.5 Å². The van der Waals surface area contributed by atoms with E-state index in [0.717, 1.165) is 5.57 Å². The van der Waals surface area contributed by atoms with Crippen LogP contribution < -0.4 is 5.32 Å². The normalized spacial score (nSPS) is 21.5. The Morgan fingerprint density at radius 2 is 2.46 bits per heavy atom. The Kier molecular flexibility index (Phi) is 2.79. The van der Waals surface area contributed by atoms with Crippen LogP contribution in [0.2, 0.25) is 0 Å². The maximum Gasteiger partial charge on any atom is 0.433 e. The summed E-state index contributed by atoms with van der Waals surface area (Å²) in [5.41, 5.74) is 0.831. The van der Waals surface area contributed by atoms with E-state index in [0.29, 0.717) is 0 Å². The maximum absolute atomic E-state index is 10.8. The first-order valence-electron chi connectivity index (χ1n) is 3.74. The Labute approximate surface area is 75.5 Å². The minimum absolute atomic E-state index is 0.168. The Balaban J connectivity index is 2.57. The average Bonchev–Trinajstić information content (AvgIpc) is 2.41. The lowest BCUT2D eigenvalue weighted by Crippen LogP contribution is -2.29. The number of nitrogens with one attached hydrogen (secondary N) is 1. The van der Waals surface area contributed by atoms with Crippen LogP contribution in [0.1, 0.15) is 6.92 Å². The van der Waals surface area contributed by atoms with E-state index in [-0.39, 0.29) is 11.9 Å². The molecule has 1 heterocycles. The van der Waals surface area contributed by atoms with E-state index in [4.69, 9.17) is 0 Å². The SMILES string of the molecule is COC(=O)/N=C/C1NC(=O)C=C1C. The fourth-order valence-corrected chi connectivity index (χ4v) is 0.948. The number of methoxy groups -OCH3 is 1. The molecule has 1 unspecified atom stereocenters. The zero-order valence-corrected chi connectivity index (χ0v) is 7.40. The zero-order chi connectivity index (χ0) is 9.84. The van der Waals surface area contributed by atoms with Gasteiger partial charge in [0.25, 0.3) is 0 Å². The summed E-state index contributed by atoms with van der Waals surface area (Å²) in [5.74, 6) is -0.168. The van der Waals surface area contributed by atoms with Crippen molar-refractivity contribution in [2.45, 2.75) is 13.0 Å². The topological polar surface area (TPSA) is 67.8 Å². The summed E-state index contributed by atoms with van der Waals surface area (Å²) in [7, 11) is 1.25. The van der Waals surface area contributed by atoms with E-state index < -0.39 is 6.09 Å². The smallest absolute Gasteiger partial charge is 0.433 e. The van der Waals surface area contributed by atoms with Gasteiger partial charge in [0, 0.05) is 12.3 Å². The van der Waals surface area contributed by atoms with Crippen molar-refractivity contribution in [2.24, 2.45) is 4.99 Å². The van der Waals surface area contributed by atoms with Crippen molar-refractivity contribution in [1.82, 2.24) is 5.32 Å². The number of carbonyl (C=O) groups excluding carboxylic acids is 2. The van der Waals surface area contributed by atoms with Gasteiger partial charge in [-0.15, -0.1) is 0 Å². The third-order valence-corrected chi connectivity index (χ3v) is 1.65. The lowest BCUT2D eigenvalue weighted by molar-refractivity contribution is -0.115. The second-order valence-corrected chi connectivity index (χ2v) is 2.62. The predicted molar refractivity (Wildman–Crippen MR) is 46.6 cm³/mol. The highest BCUT2D eigenvalue weighted by Gasteiger charge is 2.18. The molecule has 0 saturated carbocycles. The van der Waals surface area contributed by atoms with Crippen LogP contribution >= 0.6 is 0 Å². The molecule has 0 saturated heterocycles. The molecule has 1 aliphatic rings. The molecule has 2 amide bonds. The third-order valence-electron chi connectivity index (χ3n) is 1.65. The van der Waals surface area contributed by atoms with Crippen LogP contribution in [0.5, 0.6) is 0 Å². The van der Waals surface area contributed by atoms with Crippen LogP contribution in [-0.4, -0.2) is 31.4 Å². The van der Waals surface area contributed by atoms with Gasteiger partial charge in [-0.3, -0.25) is 4.79 Å². The fraction of sp³-hybridized carbons (Fsp3) is 0.375. The van der Waals surface area contributed by atoms with Gasteiger partial charge in [-0.2, -0.15) is 4.99 Å². The van der Waals surface area contributed by atoms with E-state index in [1.807, 2.05) is 0 Å². The molecule has 5 heteroatoms. The van der Waals surface area contributed by atoms with E-state index in [1.165, 1.54) is 19.4 Å². The Hall–Kier alpha value is -1.65. The number of amides is 2. The van der Waals surface area contributed by atoms with Crippen molar-refractivity contribution in [2.75, 3.05) is 7.11 Å². The molecular formula is C8H10N2O3. The number of hydrogen-bond donors (Lipinski definition) is 1. The number of hydrogen-bond acceptors (Lipinski definition) is 3. The molecule has 0 bridgehead atoms. The van der Waals surface area contributed by atoms with E-state index in [1.54, 1.807) is 6.92 Å². The van der Waals surface area contributed by atoms with Crippen molar-refractivity contribution in [3.8, 4) is 0 Å². The largest absolute Gasteiger partial charge is 0.451 e. The van der Waals surface area contributed by atoms with Gasteiger partial charge in [-0.25, -0.2) is 4.79 Å². The van der Waals surface area contributed by atoms with Crippen molar-refractivity contribution in [1.29, 1.82) is 0 Å². The number of nitrogens with zero attached hydrogens (tertiary/aromatic N) is 1. The molecule has 0 radical (unpaired) electrons. The lowest BCUT2D eigenvalue weighted by Gasteiger charge is -2.04. The first kappa shape index (κ1) is 9.44. The zero-order valence-electron chi connectivity index (χ0n) is 7.40. The van der Waals surface area contributed by atoms with Crippen LogP contribution in [0.4, 0.5) is 4.79 Å². The molecule has 1 atom stereocenters. The van der Waals surface area contributed by atoms with Gasteiger partial charge in [0.05, 0.1) is 13.2 Å². The van der Waals surface area contributed by atoms with Gasteiger partial charge < -0.3 is 10.1 Å². The van der Waals surface area contributed by atoms with Gasteiger partial charge in [0.2, 0.25) is 5.91 Å². The number of ether oxygens (including phenoxy) is 1. The molecule has 0 aliphatic carbocycles. The first-order chi connectivity index (χ1) is 6.13. The highest BCUT2D eigenvalue weighted by Crippen LogP contribution is 2.05. The highest BCUT2D eigenvalue weighted by atomic mass is 16.5.